The molecule has 0 saturated heterocycles. The quantitative estimate of drug-likeness (QED) is 0.123. The van der Waals surface area contributed by atoms with Crippen LogP contribution in [0.5, 0.6) is 0 Å². The van der Waals surface area contributed by atoms with E-state index in [2.05, 4.69) is 41.5 Å². The number of hydrogen-bond donors (Lipinski definition) is 0. The Bertz CT molecular complexity index is 704. The minimum Gasteiger partial charge on any atom is -0.741 e. The van der Waals surface area contributed by atoms with E-state index in [1.54, 1.807) is 12.8 Å². The van der Waals surface area contributed by atoms with Gasteiger partial charge in [0.15, 0.2) is 14.4 Å². The van der Waals surface area contributed by atoms with E-state index in [-0.39, 0.29) is 19.5 Å². The van der Waals surface area contributed by atoms with Crippen molar-refractivity contribution < 1.29 is 50.4 Å². The van der Waals surface area contributed by atoms with Crippen molar-refractivity contribution in [3.63, 3.8) is 0 Å². The molecule has 4 nitrogen and oxygen atoms in total. The molecule has 0 unspecified atom stereocenters. The molecule has 0 heterocycles. The molecule has 0 atom stereocenters. The van der Waals surface area contributed by atoms with Crippen LogP contribution in [0.4, 0.5) is 13.2 Å². The summed E-state index contributed by atoms with van der Waals surface area (Å²) in [5.41, 5.74) is 3.08. The van der Waals surface area contributed by atoms with Gasteiger partial charge in [-0.25, -0.2) is 8.42 Å². The second-order valence-corrected chi connectivity index (χ2v) is 9.58. The van der Waals surface area contributed by atoms with E-state index in [1.807, 2.05) is 12.8 Å². The fourth-order valence-electron chi connectivity index (χ4n) is 2.15. The normalized spacial score (nSPS) is 13.6. The third kappa shape index (κ3) is 14.4. The van der Waals surface area contributed by atoms with Crippen LogP contribution >= 0.6 is 34.8 Å². The minimum absolute atomic E-state index is 0. The first kappa shape index (κ1) is 36.6. The number of aldehydes is 1. The molecule has 1 fully saturated rings. The van der Waals surface area contributed by atoms with Crippen molar-refractivity contribution in [1.29, 1.82) is 0 Å². The Balaban J connectivity index is -0.000000371. The summed E-state index contributed by atoms with van der Waals surface area (Å²) in [6, 6.07) is 0. The first-order valence-corrected chi connectivity index (χ1v) is 11.2. The Hall–Kier alpha value is 0.0834. The number of carbonyl (C=O) groups is 1. The van der Waals surface area contributed by atoms with E-state index in [1.165, 1.54) is 33.4 Å². The Morgan fingerprint density at radius 1 is 0.812 bits per heavy atom. The van der Waals surface area contributed by atoms with Gasteiger partial charge in [-0.15, -0.1) is 0 Å². The van der Waals surface area contributed by atoms with Crippen molar-refractivity contribution in [3.8, 4) is 0 Å². The molecule has 0 N–H and O–H groups in total. The smallest absolute Gasteiger partial charge is 0.741 e. The fourth-order valence-corrected chi connectivity index (χ4v) is 2.15. The molecule has 183 valence electrons. The monoisotopic (exact) mass is 624 g/mol. The third-order valence-electron chi connectivity index (χ3n) is 4.48. The van der Waals surface area contributed by atoms with E-state index in [9.17, 15) is 18.0 Å². The van der Waals surface area contributed by atoms with Crippen LogP contribution in [0.25, 0.3) is 0 Å². The summed E-state index contributed by atoms with van der Waals surface area (Å²) in [5, 5.41) is 0. The summed E-state index contributed by atoms with van der Waals surface area (Å²) in [6.07, 6.45) is 8.05. The van der Waals surface area contributed by atoms with Crippen molar-refractivity contribution >= 4 is 51.2 Å². The molecule has 1 aliphatic rings. The molecule has 1 aromatic carbocycles. The van der Waals surface area contributed by atoms with Crippen LogP contribution in [0.2, 0.25) is 0 Å². The van der Waals surface area contributed by atoms with Gasteiger partial charge in [0.2, 0.25) is 0 Å². The Labute approximate surface area is 217 Å². The molecule has 1 aromatic rings. The van der Waals surface area contributed by atoms with E-state index < -0.39 is 19.9 Å². The van der Waals surface area contributed by atoms with Gasteiger partial charge >= 0.3 is 25.0 Å². The number of benzene rings is 1. The molecule has 1 saturated carbocycles. The summed E-state index contributed by atoms with van der Waals surface area (Å²) in [5.74, 6) is 0.750. The zero-order valence-corrected chi connectivity index (χ0v) is 22.9. The number of hydrogen-bond acceptors (Lipinski definition) is 4. The molecule has 2 rings (SSSR count). The van der Waals surface area contributed by atoms with Crippen LogP contribution in [0.15, 0.2) is 0 Å². The van der Waals surface area contributed by atoms with Crippen LogP contribution in [0, 0.1) is 73.1 Å². The Morgan fingerprint density at radius 3 is 1.09 bits per heavy atom. The first-order valence-electron chi connectivity index (χ1n) is 8.53. The van der Waals surface area contributed by atoms with Gasteiger partial charge in [-0.05, 0) is 101 Å². The summed E-state index contributed by atoms with van der Waals surface area (Å²) in [7, 11) is -6.09. The molecule has 0 amide bonds. The van der Waals surface area contributed by atoms with Crippen LogP contribution in [-0.2, 0) is 34.4 Å². The second-order valence-electron chi connectivity index (χ2n) is 6.23. The SMILES string of the molecule is Cc1c(C)c(C)c(C)c(C)c1C.ClC(Cl)Cl.O=C[C]1[CH][CH][CH][CH]1.O=S(=O)([O-])C(F)(F)F.[Ru+2]. The molecule has 5 radical (unpaired) electrons. The molecule has 32 heavy (non-hydrogen) atoms. The summed E-state index contributed by atoms with van der Waals surface area (Å²) >= 11 is 14.4. The van der Waals surface area contributed by atoms with Gasteiger partial charge in [0, 0.05) is 5.92 Å². The largest absolute Gasteiger partial charge is 2.00 e. The number of halogens is 6. The van der Waals surface area contributed by atoms with Crippen molar-refractivity contribution in [2.24, 2.45) is 0 Å². The Kier molecular flexibility index (Phi) is 19.1. The van der Waals surface area contributed by atoms with E-state index in [0.29, 0.717) is 0 Å². The minimum atomic E-state index is -6.09. The molecule has 0 aliphatic heterocycles. The predicted molar refractivity (Wildman–Crippen MR) is 118 cm³/mol. The fraction of sp³-hybridized carbons (Fsp3) is 0.400. The van der Waals surface area contributed by atoms with Crippen LogP contribution < -0.4 is 0 Å². The summed E-state index contributed by atoms with van der Waals surface area (Å²) in [6.45, 7) is 13.3. The maximum Gasteiger partial charge on any atom is 2.00 e. The second kappa shape index (κ2) is 16.7. The number of rotatable bonds is 1. The Morgan fingerprint density at radius 2 is 1.00 bits per heavy atom. The van der Waals surface area contributed by atoms with Gasteiger partial charge < -0.3 is 9.35 Å². The van der Waals surface area contributed by atoms with Crippen molar-refractivity contribution in [2.75, 3.05) is 0 Å². The molecule has 0 spiro atoms. The molecule has 1 aliphatic carbocycles. The molecular formula is C20H24Cl3F3O4RuS+. The van der Waals surface area contributed by atoms with E-state index >= 15 is 0 Å². The average Bonchev–Trinajstić information content (AvgIpc) is 3.16. The number of carbonyl (C=O) groups excluding carboxylic acids is 1. The van der Waals surface area contributed by atoms with Crippen LogP contribution in [0.1, 0.15) is 33.4 Å². The molecule has 0 aromatic heterocycles. The predicted octanol–water partition coefficient (Wildman–Crippen LogP) is 6.16. The molecule has 12 heteroatoms. The topological polar surface area (TPSA) is 74.3 Å². The van der Waals surface area contributed by atoms with Gasteiger partial charge in [0.05, 0.1) is 0 Å². The van der Waals surface area contributed by atoms with Crippen LogP contribution in [-0.4, -0.2) is 29.1 Å². The van der Waals surface area contributed by atoms with Crippen molar-refractivity contribution in [3.05, 3.63) is 65.0 Å². The van der Waals surface area contributed by atoms with E-state index in [0.717, 1.165) is 12.2 Å². The summed E-state index contributed by atoms with van der Waals surface area (Å²) < 4.78 is 58.2. The standard InChI is InChI=1S/C12H18.C6H5O.CHCl3.CHF3O3S.Ru/c1-7-8(2)10(4)12(6)11(5)9(7)3;7-5-6-3-1-2-4-6;2-1(3)4;2-1(3,4)8(5,6)7;/h1-6H3;1-5H;1H;(H,5,6,7);/q;;;;+2/p-1. The van der Waals surface area contributed by atoms with Crippen molar-refractivity contribution in [1.82, 2.24) is 0 Å². The van der Waals surface area contributed by atoms with Gasteiger partial charge in [0.1, 0.15) is 6.29 Å². The van der Waals surface area contributed by atoms with E-state index in [4.69, 9.17) is 47.8 Å². The molecular weight excluding hydrogens is 601 g/mol. The maximum absolute atomic E-state index is 10.7. The van der Waals surface area contributed by atoms with Gasteiger partial charge in [-0.1, -0.05) is 34.8 Å². The molecule has 0 bridgehead atoms. The van der Waals surface area contributed by atoms with Crippen LogP contribution in [0.3, 0.4) is 0 Å². The zero-order chi connectivity index (χ0) is 25.2. The average molecular weight is 625 g/mol. The van der Waals surface area contributed by atoms with Gasteiger partial charge in [-0.2, -0.15) is 13.2 Å². The van der Waals surface area contributed by atoms with Gasteiger partial charge in [0.25, 0.3) is 0 Å². The number of alkyl halides is 6. The zero-order valence-electron chi connectivity index (χ0n) is 18.1. The first-order chi connectivity index (χ1) is 13.9. The van der Waals surface area contributed by atoms with Gasteiger partial charge in [-0.3, -0.25) is 0 Å². The maximum atomic E-state index is 10.7. The summed E-state index contributed by atoms with van der Waals surface area (Å²) in [4.78, 5) is 9.87. The van der Waals surface area contributed by atoms with Crippen molar-refractivity contribution in [2.45, 2.75) is 51.3 Å². The third-order valence-corrected chi connectivity index (χ3v) is 5.05.